The summed E-state index contributed by atoms with van der Waals surface area (Å²) < 4.78 is 1.34. The van der Waals surface area contributed by atoms with Crippen molar-refractivity contribution in [1.29, 1.82) is 0 Å². The average molecular weight is 340 g/mol. The molecule has 2 aromatic rings. The molecule has 1 atom stereocenters. The summed E-state index contributed by atoms with van der Waals surface area (Å²) in [5.74, 6) is 1.63. The zero-order valence-corrected chi connectivity index (χ0v) is 15.3. The SMILES string of the molecule is C[C@H]1CC=C(c2ccc3sc(C45CC(CN(C)C4)C5)nc3c2)NC1. The van der Waals surface area contributed by atoms with Crippen LogP contribution >= 0.6 is 11.3 Å². The van der Waals surface area contributed by atoms with Gasteiger partial charge in [0.2, 0.25) is 0 Å². The van der Waals surface area contributed by atoms with Crippen molar-refractivity contribution in [2.24, 2.45) is 11.8 Å². The lowest BCUT2D eigenvalue weighted by Gasteiger charge is -2.54. The van der Waals surface area contributed by atoms with Crippen molar-refractivity contribution in [2.75, 3.05) is 26.7 Å². The molecule has 3 nitrogen and oxygen atoms in total. The van der Waals surface area contributed by atoms with Gasteiger partial charge < -0.3 is 10.2 Å². The summed E-state index contributed by atoms with van der Waals surface area (Å²) in [6.45, 7) is 5.82. The summed E-state index contributed by atoms with van der Waals surface area (Å²) >= 11 is 1.92. The summed E-state index contributed by atoms with van der Waals surface area (Å²) in [6.07, 6.45) is 6.19. The number of rotatable bonds is 2. The number of hydrogen-bond donors (Lipinski definition) is 1. The van der Waals surface area contributed by atoms with Gasteiger partial charge in [-0.2, -0.15) is 0 Å². The third-order valence-electron chi connectivity index (χ3n) is 6.02. The van der Waals surface area contributed by atoms with Crippen molar-refractivity contribution in [3.8, 4) is 0 Å². The van der Waals surface area contributed by atoms with Crippen LogP contribution in [-0.2, 0) is 5.41 Å². The van der Waals surface area contributed by atoms with Crippen LogP contribution in [0.3, 0.4) is 0 Å². The van der Waals surface area contributed by atoms with Crippen LogP contribution in [-0.4, -0.2) is 36.6 Å². The van der Waals surface area contributed by atoms with Gasteiger partial charge in [0.1, 0.15) is 5.01 Å². The molecule has 24 heavy (non-hydrogen) atoms. The summed E-state index contributed by atoms with van der Waals surface area (Å²) in [5, 5.41) is 4.94. The van der Waals surface area contributed by atoms with Crippen LogP contribution < -0.4 is 5.32 Å². The monoisotopic (exact) mass is 339 g/mol. The average Bonchev–Trinajstić information content (AvgIpc) is 2.97. The first kappa shape index (κ1) is 14.9. The molecule has 4 heteroatoms. The lowest BCUT2D eigenvalue weighted by atomic mass is 9.59. The predicted molar refractivity (Wildman–Crippen MR) is 101 cm³/mol. The van der Waals surface area contributed by atoms with Gasteiger partial charge in [0, 0.05) is 30.7 Å². The van der Waals surface area contributed by atoms with E-state index in [1.807, 2.05) is 11.3 Å². The minimum absolute atomic E-state index is 0.347. The van der Waals surface area contributed by atoms with Gasteiger partial charge in [0.15, 0.2) is 0 Å². The molecular weight excluding hydrogens is 314 g/mol. The number of aromatic nitrogens is 1. The number of nitrogens with zero attached hydrogens (tertiary/aromatic N) is 2. The minimum Gasteiger partial charge on any atom is -0.385 e. The largest absolute Gasteiger partial charge is 0.385 e. The van der Waals surface area contributed by atoms with Gasteiger partial charge in [-0.1, -0.05) is 19.1 Å². The summed E-state index contributed by atoms with van der Waals surface area (Å²) in [7, 11) is 2.26. The normalized spacial score (nSPS) is 33.0. The van der Waals surface area contributed by atoms with Gasteiger partial charge >= 0.3 is 0 Å². The van der Waals surface area contributed by atoms with E-state index >= 15 is 0 Å². The first-order chi connectivity index (χ1) is 11.6. The topological polar surface area (TPSA) is 28.2 Å². The van der Waals surface area contributed by atoms with Gasteiger partial charge in [-0.25, -0.2) is 4.98 Å². The lowest BCUT2D eigenvalue weighted by Crippen LogP contribution is -2.57. The molecule has 1 N–H and O–H groups in total. The van der Waals surface area contributed by atoms with Crippen LogP contribution in [0, 0.1) is 11.8 Å². The van der Waals surface area contributed by atoms with Gasteiger partial charge in [-0.15, -0.1) is 11.3 Å². The smallest absolute Gasteiger partial charge is 0.101 e. The van der Waals surface area contributed by atoms with Gasteiger partial charge in [-0.3, -0.25) is 0 Å². The summed E-state index contributed by atoms with van der Waals surface area (Å²) in [4.78, 5) is 7.58. The molecule has 2 saturated heterocycles. The fourth-order valence-electron chi connectivity index (χ4n) is 4.87. The maximum atomic E-state index is 5.09. The third-order valence-corrected chi connectivity index (χ3v) is 7.30. The van der Waals surface area contributed by atoms with E-state index in [-0.39, 0.29) is 0 Å². The zero-order chi connectivity index (χ0) is 16.3. The molecule has 3 aliphatic heterocycles. The van der Waals surface area contributed by atoms with Crippen molar-refractivity contribution < 1.29 is 0 Å². The van der Waals surface area contributed by atoms with Gasteiger partial charge in [0.25, 0.3) is 0 Å². The Morgan fingerprint density at radius 1 is 1.33 bits per heavy atom. The molecule has 1 aromatic heterocycles. The van der Waals surface area contributed by atoms with Gasteiger partial charge in [0.05, 0.1) is 10.2 Å². The number of fused-ring (bicyclic) bond motifs is 3. The maximum Gasteiger partial charge on any atom is 0.101 e. The molecule has 0 spiro atoms. The molecule has 4 aliphatic rings. The van der Waals surface area contributed by atoms with Crippen LogP contribution in [0.5, 0.6) is 0 Å². The van der Waals surface area contributed by atoms with E-state index < -0.39 is 0 Å². The van der Waals surface area contributed by atoms with Crippen molar-refractivity contribution in [3.05, 3.63) is 34.8 Å². The van der Waals surface area contributed by atoms with Crippen molar-refractivity contribution >= 4 is 27.3 Å². The van der Waals surface area contributed by atoms with Crippen LogP contribution in [0.1, 0.15) is 36.8 Å². The Kier molecular flexibility index (Phi) is 3.29. The molecule has 2 bridgehead atoms. The molecule has 0 unspecified atom stereocenters. The fourth-order valence-corrected chi connectivity index (χ4v) is 6.01. The Morgan fingerprint density at radius 3 is 2.96 bits per heavy atom. The number of likely N-dealkylation sites (N-methyl/N-ethyl adjacent to an activating group) is 1. The fraction of sp³-hybridized carbons (Fsp3) is 0.550. The van der Waals surface area contributed by atoms with E-state index in [4.69, 9.17) is 4.98 Å². The molecule has 1 saturated carbocycles. The summed E-state index contributed by atoms with van der Waals surface area (Å²) in [5.41, 5.74) is 4.10. The van der Waals surface area contributed by atoms with Crippen molar-refractivity contribution in [3.63, 3.8) is 0 Å². The molecule has 6 rings (SSSR count). The van der Waals surface area contributed by atoms with Gasteiger partial charge in [-0.05, 0) is 55.8 Å². The van der Waals surface area contributed by atoms with Crippen LogP contribution in [0.2, 0.25) is 0 Å². The van der Waals surface area contributed by atoms with E-state index in [1.165, 1.54) is 58.8 Å². The Balaban J connectivity index is 1.48. The van der Waals surface area contributed by atoms with Crippen molar-refractivity contribution in [2.45, 2.75) is 31.6 Å². The van der Waals surface area contributed by atoms with E-state index in [9.17, 15) is 0 Å². The Morgan fingerprint density at radius 2 is 2.21 bits per heavy atom. The second-order valence-electron chi connectivity index (χ2n) is 8.29. The number of thiazole rings is 1. The number of piperidine rings is 2. The minimum atomic E-state index is 0.347. The highest BCUT2D eigenvalue weighted by Gasteiger charge is 2.51. The second kappa shape index (κ2) is 5.30. The highest BCUT2D eigenvalue weighted by atomic mass is 32.1. The highest BCUT2D eigenvalue weighted by Crippen LogP contribution is 2.53. The van der Waals surface area contributed by atoms with E-state index in [2.05, 4.69) is 48.5 Å². The number of allylic oxidation sites excluding steroid dienone is 1. The van der Waals surface area contributed by atoms with Crippen LogP contribution in [0.4, 0.5) is 0 Å². The molecule has 4 heterocycles. The van der Waals surface area contributed by atoms with Crippen LogP contribution in [0.15, 0.2) is 24.3 Å². The molecule has 3 fully saturated rings. The van der Waals surface area contributed by atoms with Crippen molar-refractivity contribution in [1.82, 2.24) is 15.2 Å². The molecule has 1 aliphatic carbocycles. The number of benzene rings is 1. The zero-order valence-electron chi connectivity index (χ0n) is 14.5. The lowest BCUT2D eigenvalue weighted by molar-refractivity contribution is 0.0104. The standard InChI is InChI=1S/C20H25N3S/c1-13-3-5-16(21-10-13)15-4-6-18-17(7-15)22-19(24-18)20-8-14(9-20)11-23(2)12-20/h4-7,13-14,21H,3,8-12H2,1-2H3/t13-,14?,20?/m0/s1. The predicted octanol–water partition coefficient (Wildman–Crippen LogP) is 3.86. The molecular formula is C20H25N3S. The third kappa shape index (κ3) is 2.31. The first-order valence-corrected chi connectivity index (χ1v) is 9.97. The maximum absolute atomic E-state index is 5.09. The quantitative estimate of drug-likeness (QED) is 0.900. The van der Waals surface area contributed by atoms with E-state index in [0.717, 1.165) is 18.4 Å². The summed E-state index contributed by atoms with van der Waals surface area (Å²) in [6, 6.07) is 6.81. The first-order valence-electron chi connectivity index (χ1n) is 9.15. The van der Waals surface area contributed by atoms with E-state index in [0.29, 0.717) is 5.41 Å². The Labute approximate surface area is 147 Å². The Bertz CT molecular complexity index is 815. The molecule has 0 radical (unpaired) electrons. The molecule has 126 valence electrons. The Hall–Kier alpha value is -1.39. The van der Waals surface area contributed by atoms with E-state index in [1.54, 1.807) is 0 Å². The van der Waals surface area contributed by atoms with Crippen LogP contribution in [0.25, 0.3) is 15.9 Å². The number of hydrogen-bond acceptors (Lipinski definition) is 4. The molecule has 0 amide bonds. The number of nitrogens with one attached hydrogen (secondary N) is 1. The highest BCUT2D eigenvalue weighted by molar-refractivity contribution is 7.18. The molecule has 1 aromatic carbocycles. The second-order valence-corrected chi connectivity index (χ2v) is 9.32.